The second-order valence-corrected chi connectivity index (χ2v) is 4.03. The molecule has 1 fully saturated rings. The van der Waals surface area contributed by atoms with Gasteiger partial charge in [0.1, 0.15) is 0 Å². The summed E-state index contributed by atoms with van der Waals surface area (Å²) >= 11 is 0. The van der Waals surface area contributed by atoms with Gasteiger partial charge in [0.2, 0.25) is 0 Å². The fourth-order valence-electron chi connectivity index (χ4n) is 1.83. The SMILES string of the molecule is CC(C)N1CCC(CNCC#N)C1. The molecule has 13 heavy (non-hydrogen) atoms. The van der Waals surface area contributed by atoms with Crippen LogP contribution in [-0.2, 0) is 0 Å². The van der Waals surface area contributed by atoms with Gasteiger partial charge in [-0.05, 0) is 32.7 Å². The molecule has 3 nitrogen and oxygen atoms in total. The van der Waals surface area contributed by atoms with Crippen LogP contribution in [-0.4, -0.2) is 37.1 Å². The van der Waals surface area contributed by atoms with Gasteiger partial charge in [0, 0.05) is 19.1 Å². The zero-order chi connectivity index (χ0) is 9.68. The minimum Gasteiger partial charge on any atom is -0.304 e. The van der Waals surface area contributed by atoms with Crippen LogP contribution in [0.4, 0.5) is 0 Å². The normalized spacial score (nSPS) is 23.7. The first-order valence-electron chi connectivity index (χ1n) is 5.05. The van der Waals surface area contributed by atoms with E-state index in [0.717, 1.165) is 12.5 Å². The van der Waals surface area contributed by atoms with E-state index in [1.807, 2.05) is 0 Å². The van der Waals surface area contributed by atoms with Crippen LogP contribution in [0, 0.1) is 17.2 Å². The van der Waals surface area contributed by atoms with E-state index in [4.69, 9.17) is 5.26 Å². The molecule has 74 valence electrons. The molecule has 3 heteroatoms. The van der Waals surface area contributed by atoms with Gasteiger partial charge in [0.25, 0.3) is 0 Å². The fraction of sp³-hybridized carbons (Fsp3) is 0.900. The lowest BCUT2D eigenvalue weighted by molar-refractivity contribution is 0.264. The summed E-state index contributed by atoms with van der Waals surface area (Å²) in [5.41, 5.74) is 0. The molecule has 0 aromatic rings. The molecule has 1 saturated heterocycles. The lowest BCUT2D eigenvalue weighted by Crippen LogP contribution is -2.30. The molecule has 0 aromatic carbocycles. The molecular formula is C10H19N3. The summed E-state index contributed by atoms with van der Waals surface area (Å²) in [6.45, 7) is 8.37. The zero-order valence-electron chi connectivity index (χ0n) is 8.58. The lowest BCUT2D eigenvalue weighted by atomic mass is 10.1. The third-order valence-electron chi connectivity index (χ3n) is 2.68. The summed E-state index contributed by atoms with van der Waals surface area (Å²) in [4.78, 5) is 2.50. The summed E-state index contributed by atoms with van der Waals surface area (Å²) in [5.74, 6) is 0.746. The standard InChI is InChI=1S/C10H19N3/c1-9(2)13-6-3-10(8-13)7-12-5-4-11/h9-10,12H,3,5-8H2,1-2H3. The summed E-state index contributed by atoms with van der Waals surface area (Å²) in [6.07, 6.45) is 1.27. The van der Waals surface area contributed by atoms with Gasteiger partial charge in [-0.1, -0.05) is 0 Å². The largest absolute Gasteiger partial charge is 0.304 e. The molecule has 0 aliphatic carbocycles. The highest BCUT2D eigenvalue weighted by atomic mass is 15.2. The van der Waals surface area contributed by atoms with Crippen molar-refractivity contribution in [1.82, 2.24) is 10.2 Å². The topological polar surface area (TPSA) is 39.1 Å². The first-order valence-corrected chi connectivity index (χ1v) is 5.05. The predicted octanol–water partition coefficient (Wildman–Crippen LogP) is 0.830. The molecule has 1 aliphatic rings. The van der Waals surface area contributed by atoms with Crippen molar-refractivity contribution >= 4 is 0 Å². The minimum atomic E-state index is 0.484. The maximum absolute atomic E-state index is 8.36. The van der Waals surface area contributed by atoms with E-state index in [0.29, 0.717) is 12.6 Å². The fourth-order valence-corrected chi connectivity index (χ4v) is 1.83. The number of nitriles is 1. The van der Waals surface area contributed by atoms with Crippen LogP contribution in [0.5, 0.6) is 0 Å². The molecular weight excluding hydrogens is 162 g/mol. The number of hydrogen-bond acceptors (Lipinski definition) is 3. The van der Waals surface area contributed by atoms with Crippen molar-refractivity contribution < 1.29 is 0 Å². The monoisotopic (exact) mass is 181 g/mol. The van der Waals surface area contributed by atoms with Gasteiger partial charge in [0.15, 0.2) is 0 Å². The third kappa shape index (κ3) is 3.33. The van der Waals surface area contributed by atoms with Gasteiger partial charge >= 0.3 is 0 Å². The van der Waals surface area contributed by atoms with Gasteiger partial charge in [-0.25, -0.2) is 0 Å². The maximum Gasteiger partial charge on any atom is 0.0841 e. The van der Waals surface area contributed by atoms with Gasteiger partial charge in [-0.15, -0.1) is 0 Å². The molecule has 0 saturated carbocycles. The Balaban J connectivity index is 2.15. The minimum absolute atomic E-state index is 0.484. The van der Waals surface area contributed by atoms with Gasteiger partial charge in [-0.2, -0.15) is 5.26 Å². The van der Waals surface area contributed by atoms with Crippen molar-refractivity contribution in [1.29, 1.82) is 5.26 Å². The van der Waals surface area contributed by atoms with Crippen molar-refractivity contribution in [3.63, 3.8) is 0 Å². The van der Waals surface area contributed by atoms with E-state index in [9.17, 15) is 0 Å². The molecule has 1 N–H and O–H groups in total. The van der Waals surface area contributed by atoms with E-state index in [-0.39, 0.29) is 0 Å². The molecule has 0 bridgehead atoms. The van der Waals surface area contributed by atoms with Crippen LogP contribution in [0.2, 0.25) is 0 Å². The molecule has 1 aliphatic heterocycles. The zero-order valence-corrected chi connectivity index (χ0v) is 8.58. The van der Waals surface area contributed by atoms with Crippen LogP contribution >= 0.6 is 0 Å². The van der Waals surface area contributed by atoms with Crippen LogP contribution in [0.15, 0.2) is 0 Å². The number of hydrogen-bond donors (Lipinski definition) is 1. The Hall–Kier alpha value is -0.590. The summed E-state index contributed by atoms with van der Waals surface area (Å²) in [7, 11) is 0. The Labute approximate surface area is 80.7 Å². The third-order valence-corrected chi connectivity index (χ3v) is 2.68. The Morgan fingerprint density at radius 1 is 1.62 bits per heavy atom. The number of nitrogens with one attached hydrogen (secondary N) is 1. The highest BCUT2D eigenvalue weighted by molar-refractivity contribution is 4.81. The quantitative estimate of drug-likeness (QED) is 0.516. The summed E-state index contributed by atoms with van der Waals surface area (Å²) in [5, 5.41) is 11.5. The van der Waals surface area contributed by atoms with Crippen molar-refractivity contribution in [2.45, 2.75) is 26.3 Å². The van der Waals surface area contributed by atoms with Crippen molar-refractivity contribution in [2.75, 3.05) is 26.2 Å². The molecule has 1 atom stereocenters. The molecule has 0 aromatic heterocycles. The van der Waals surface area contributed by atoms with E-state index in [1.54, 1.807) is 0 Å². The highest BCUT2D eigenvalue weighted by Gasteiger charge is 2.23. The molecule has 0 amide bonds. The van der Waals surface area contributed by atoms with Crippen LogP contribution in [0.25, 0.3) is 0 Å². The van der Waals surface area contributed by atoms with Crippen LogP contribution < -0.4 is 5.32 Å². The van der Waals surface area contributed by atoms with E-state index in [2.05, 4.69) is 30.1 Å². The van der Waals surface area contributed by atoms with Crippen LogP contribution in [0.3, 0.4) is 0 Å². The molecule has 1 heterocycles. The van der Waals surface area contributed by atoms with Crippen molar-refractivity contribution in [3.05, 3.63) is 0 Å². The van der Waals surface area contributed by atoms with E-state index < -0.39 is 0 Å². The molecule has 1 unspecified atom stereocenters. The van der Waals surface area contributed by atoms with Gasteiger partial charge in [-0.3, -0.25) is 0 Å². The highest BCUT2D eigenvalue weighted by Crippen LogP contribution is 2.17. The first kappa shape index (κ1) is 10.5. The Kier molecular flexibility index (Phi) is 4.20. The van der Waals surface area contributed by atoms with Gasteiger partial charge < -0.3 is 10.2 Å². The first-order chi connectivity index (χ1) is 6.24. The van der Waals surface area contributed by atoms with E-state index in [1.165, 1.54) is 19.5 Å². The summed E-state index contributed by atoms with van der Waals surface area (Å²) in [6, 6.07) is 2.77. The van der Waals surface area contributed by atoms with Crippen molar-refractivity contribution in [3.8, 4) is 6.07 Å². The average Bonchev–Trinajstić information content (AvgIpc) is 2.53. The summed E-state index contributed by atoms with van der Waals surface area (Å²) < 4.78 is 0. The van der Waals surface area contributed by atoms with E-state index >= 15 is 0 Å². The second-order valence-electron chi connectivity index (χ2n) is 4.03. The second kappa shape index (κ2) is 5.21. The Bertz CT molecular complexity index is 183. The molecule has 1 rings (SSSR count). The smallest absolute Gasteiger partial charge is 0.0841 e. The molecule has 0 radical (unpaired) electrons. The number of likely N-dealkylation sites (tertiary alicyclic amines) is 1. The number of nitrogens with zero attached hydrogens (tertiary/aromatic N) is 2. The Morgan fingerprint density at radius 3 is 2.92 bits per heavy atom. The number of rotatable bonds is 4. The molecule has 0 spiro atoms. The Morgan fingerprint density at radius 2 is 2.38 bits per heavy atom. The van der Waals surface area contributed by atoms with Gasteiger partial charge in [0.05, 0.1) is 12.6 Å². The lowest BCUT2D eigenvalue weighted by Gasteiger charge is -2.20. The maximum atomic E-state index is 8.36. The predicted molar refractivity (Wildman–Crippen MR) is 53.3 cm³/mol. The average molecular weight is 181 g/mol. The van der Waals surface area contributed by atoms with Crippen LogP contribution in [0.1, 0.15) is 20.3 Å². The van der Waals surface area contributed by atoms with Crippen molar-refractivity contribution in [2.24, 2.45) is 5.92 Å².